The minimum Gasteiger partial charge on any atom is -0.333 e. The number of imidazole rings is 1. The molecule has 0 aliphatic rings. The van der Waals surface area contributed by atoms with Crippen molar-refractivity contribution in [2.24, 2.45) is 0 Å². The second kappa shape index (κ2) is 5.98. The van der Waals surface area contributed by atoms with Gasteiger partial charge in [-0.05, 0) is 24.3 Å². The molecule has 0 aliphatic heterocycles. The number of benzene rings is 1. The third-order valence-corrected chi connectivity index (χ3v) is 3.84. The monoisotopic (exact) mass is 340 g/mol. The van der Waals surface area contributed by atoms with Gasteiger partial charge in [0.05, 0.1) is 5.56 Å². The predicted molar refractivity (Wildman–Crippen MR) is 87.8 cm³/mol. The van der Waals surface area contributed by atoms with Crippen LogP contribution in [0.25, 0.3) is 22.4 Å². The molecule has 0 fully saturated rings. The zero-order valence-corrected chi connectivity index (χ0v) is 13.2. The van der Waals surface area contributed by atoms with Crippen LogP contribution in [-0.4, -0.2) is 20.2 Å². The van der Waals surface area contributed by atoms with E-state index < -0.39 is 0 Å². The van der Waals surface area contributed by atoms with Gasteiger partial charge in [-0.15, -0.1) is 10.2 Å². The minimum atomic E-state index is -0.305. The standard InChI is InChI=1S/C17H11ClFN5/c18-16-6-5-11(22-23-16)9-24-8-7-14-15(10-24)21-17(20-14)12-3-1-2-4-13(12)19/h1-8,10H,9H2/p+1. The van der Waals surface area contributed by atoms with E-state index in [0.29, 0.717) is 23.1 Å². The summed E-state index contributed by atoms with van der Waals surface area (Å²) in [5.74, 6) is 0.202. The van der Waals surface area contributed by atoms with E-state index in [-0.39, 0.29) is 5.82 Å². The number of nitrogens with zero attached hydrogens (tertiary/aromatic N) is 4. The van der Waals surface area contributed by atoms with Crippen molar-refractivity contribution in [2.75, 3.05) is 0 Å². The number of aromatic nitrogens is 5. The Morgan fingerprint density at radius 3 is 2.75 bits per heavy atom. The van der Waals surface area contributed by atoms with Crippen molar-refractivity contribution in [3.05, 3.63) is 71.5 Å². The number of nitrogens with one attached hydrogen (secondary N) is 1. The Hall–Kier alpha value is -2.86. The first-order chi connectivity index (χ1) is 11.7. The van der Waals surface area contributed by atoms with E-state index in [0.717, 1.165) is 16.7 Å². The number of halogens is 2. The Morgan fingerprint density at radius 1 is 1.08 bits per heavy atom. The lowest BCUT2D eigenvalue weighted by molar-refractivity contribution is -0.687. The molecule has 5 nitrogen and oxygen atoms in total. The number of pyridine rings is 1. The van der Waals surface area contributed by atoms with E-state index in [1.165, 1.54) is 6.07 Å². The molecule has 0 saturated heterocycles. The second-order valence-electron chi connectivity index (χ2n) is 5.33. The summed E-state index contributed by atoms with van der Waals surface area (Å²) in [6, 6.07) is 12.0. The van der Waals surface area contributed by atoms with Gasteiger partial charge in [-0.3, -0.25) is 0 Å². The first kappa shape index (κ1) is 14.7. The normalized spacial score (nSPS) is 11.1. The molecule has 3 aromatic heterocycles. The summed E-state index contributed by atoms with van der Waals surface area (Å²) in [5.41, 5.74) is 2.82. The maximum absolute atomic E-state index is 13.9. The fraction of sp³-hybridized carbons (Fsp3) is 0.0588. The van der Waals surface area contributed by atoms with Crippen molar-refractivity contribution >= 4 is 22.6 Å². The van der Waals surface area contributed by atoms with Crippen molar-refractivity contribution in [1.29, 1.82) is 0 Å². The van der Waals surface area contributed by atoms with Crippen LogP contribution in [0, 0.1) is 5.82 Å². The van der Waals surface area contributed by atoms with E-state index >= 15 is 0 Å². The van der Waals surface area contributed by atoms with E-state index in [1.54, 1.807) is 24.3 Å². The Kier molecular flexibility index (Phi) is 3.66. The smallest absolute Gasteiger partial charge is 0.195 e. The van der Waals surface area contributed by atoms with Crippen LogP contribution in [0.1, 0.15) is 5.69 Å². The van der Waals surface area contributed by atoms with Gasteiger partial charge < -0.3 is 4.98 Å². The van der Waals surface area contributed by atoms with Crippen LogP contribution in [-0.2, 0) is 6.54 Å². The lowest BCUT2D eigenvalue weighted by Gasteiger charge is -1.97. The third-order valence-electron chi connectivity index (χ3n) is 3.64. The zero-order chi connectivity index (χ0) is 16.5. The molecule has 0 radical (unpaired) electrons. The van der Waals surface area contributed by atoms with Crippen LogP contribution < -0.4 is 4.57 Å². The molecule has 0 amide bonds. The summed E-state index contributed by atoms with van der Waals surface area (Å²) < 4.78 is 15.9. The molecule has 1 N–H and O–H groups in total. The molecule has 0 atom stereocenters. The highest BCUT2D eigenvalue weighted by atomic mass is 35.5. The molecule has 118 valence electrons. The van der Waals surface area contributed by atoms with Gasteiger partial charge in [0.2, 0.25) is 0 Å². The first-order valence-electron chi connectivity index (χ1n) is 7.31. The van der Waals surface area contributed by atoms with E-state index in [4.69, 9.17) is 11.6 Å². The topological polar surface area (TPSA) is 58.3 Å². The molecular weight excluding hydrogens is 329 g/mol. The van der Waals surface area contributed by atoms with Crippen molar-refractivity contribution in [3.63, 3.8) is 0 Å². The van der Waals surface area contributed by atoms with Gasteiger partial charge in [-0.25, -0.2) is 9.37 Å². The Bertz CT molecular complexity index is 1010. The number of hydrogen-bond donors (Lipinski definition) is 1. The summed E-state index contributed by atoms with van der Waals surface area (Å²) >= 11 is 5.74. The maximum Gasteiger partial charge on any atom is 0.195 e. The van der Waals surface area contributed by atoms with Gasteiger partial charge in [0.1, 0.15) is 28.4 Å². The molecule has 4 aromatic rings. The van der Waals surface area contributed by atoms with Crippen molar-refractivity contribution in [3.8, 4) is 11.4 Å². The third kappa shape index (κ3) is 2.83. The summed E-state index contributed by atoms with van der Waals surface area (Å²) in [6.07, 6.45) is 3.80. The quantitative estimate of drug-likeness (QED) is 0.583. The maximum atomic E-state index is 13.9. The SMILES string of the molecule is Fc1ccccc1-c1nc2cc[n+](Cc3ccc(Cl)nn3)cc2[nH]1. The molecule has 0 unspecified atom stereocenters. The number of aromatic amines is 1. The lowest BCUT2D eigenvalue weighted by atomic mass is 10.2. The van der Waals surface area contributed by atoms with Gasteiger partial charge in [0.25, 0.3) is 0 Å². The fourth-order valence-corrected chi connectivity index (χ4v) is 2.60. The Labute approximate surface area is 141 Å². The van der Waals surface area contributed by atoms with Crippen molar-refractivity contribution in [2.45, 2.75) is 6.54 Å². The van der Waals surface area contributed by atoms with E-state index in [2.05, 4.69) is 20.2 Å². The number of fused-ring (bicyclic) bond motifs is 1. The molecule has 1 aromatic carbocycles. The minimum absolute atomic E-state index is 0.305. The highest BCUT2D eigenvalue weighted by molar-refractivity contribution is 6.29. The summed E-state index contributed by atoms with van der Waals surface area (Å²) in [5, 5.41) is 8.23. The number of hydrogen-bond acceptors (Lipinski definition) is 3. The van der Waals surface area contributed by atoms with Gasteiger partial charge in [0.15, 0.2) is 24.1 Å². The second-order valence-corrected chi connectivity index (χ2v) is 5.72. The number of H-pyrrole nitrogens is 1. The lowest BCUT2D eigenvalue weighted by Crippen LogP contribution is -2.33. The van der Waals surface area contributed by atoms with Crippen LogP contribution in [0.2, 0.25) is 5.15 Å². The average Bonchev–Trinajstić information content (AvgIpc) is 3.00. The predicted octanol–water partition coefficient (Wildman–Crippen LogP) is 3.15. The summed E-state index contributed by atoms with van der Waals surface area (Å²) in [4.78, 5) is 7.61. The van der Waals surface area contributed by atoms with E-state index in [9.17, 15) is 4.39 Å². The van der Waals surface area contributed by atoms with Gasteiger partial charge in [-0.1, -0.05) is 23.7 Å². The molecule has 0 bridgehead atoms. The molecule has 0 aliphatic carbocycles. The van der Waals surface area contributed by atoms with Gasteiger partial charge in [0, 0.05) is 6.07 Å². The molecule has 4 rings (SSSR count). The zero-order valence-electron chi connectivity index (χ0n) is 12.4. The van der Waals surface area contributed by atoms with Crippen molar-refractivity contribution in [1.82, 2.24) is 20.2 Å². The van der Waals surface area contributed by atoms with Crippen LogP contribution in [0.4, 0.5) is 4.39 Å². The van der Waals surface area contributed by atoms with Crippen molar-refractivity contribution < 1.29 is 8.96 Å². The number of rotatable bonds is 3. The molecular formula is C17H12ClFN5+. The first-order valence-corrected chi connectivity index (χ1v) is 7.69. The highest BCUT2D eigenvalue weighted by Crippen LogP contribution is 2.22. The van der Waals surface area contributed by atoms with Crippen LogP contribution >= 0.6 is 11.6 Å². The molecule has 3 heterocycles. The van der Waals surface area contributed by atoms with E-state index in [1.807, 2.05) is 29.1 Å². The molecule has 24 heavy (non-hydrogen) atoms. The Balaban J connectivity index is 1.68. The van der Waals surface area contributed by atoms with Crippen LogP contribution in [0.3, 0.4) is 0 Å². The molecule has 0 spiro atoms. The highest BCUT2D eigenvalue weighted by Gasteiger charge is 2.13. The molecule has 7 heteroatoms. The largest absolute Gasteiger partial charge is 0.333 e. The van der Waals surface area contributed by atoms with Gasteiger partial charge in [-0.2, -0.15) is 4.57 Å². The van der Waals surface area contributed by atoms with Crippen LogP contribution in [0.15, 0.2) is 54.9 Å². The summed E-state index contributed by atoms with van der Waals surface area (Å²) in [6.45, 7) is 0.550. The van der Waals surface area contributed by atoms with Gasteiger partial charge >= 0.3 is 0 Å². The fourth-order valence-electron chi connectivity index (χ4n) is 2.50. The van der Waals surface area contributed by atoms with Crippen LogP contribution in [0.5, 0.6) is 0 Å². The average molecular weight is 341 g/mol. The Morgan fingerprint density at radius 2 is 1.96 bits per heavy atom. The summed E-state index contributed by atoms with van der Waals surface area (Å²) in [7, 11) is 0. The molecule has 0 saturated carbocycles.